The van der Waals surface area contributed by atoms with Crippen LogP contribution in [0.15, 0.2) is 18.3 Å². The summed E-state index contributed by atoms with van der Waals surface area (Å²) in [4.78, 5) is 22.3. The molecule has 2 saturated heterocycles. The molecule has 2 aromatic heterocycles. The van der Waals surface area contributed by atoms with Gasteiger partial charge in [0.2, 0.25) is 0 Å². The third kappa shape index (κ3) is 3.29. The van der Waals surface area contributed by atoms with Crippen molar-refractivity contribution < 1.29 is 4.79 Å². The molecule has 2 aliphatic rings. The Morgan fingerprint density at radius 1 is 1.12 bits per heavy atom. The summed E-state index contributed by atoms with van der Waals surface area (Å²) in [5, 5.41) is 0. The Kier molecular flexibility index (Phi) is 4.73. The van der Waals surface area contributed by atoms with Gasteiger partial charge in [-0.1, -0.05) is 6.07 Å². The van der Waals surface area contributed by atoms with E-state index in [1.165, 1.54) is 24.3 Å². The number of carbonyl (C=O) groups excluding carboxylic acids is 1. The fourth-order valence-electron chi connectivity index (χ4n) is 4.02. The normalized spacial score (nSPS) is 20.3. The van der Waals surface area contributed by atoms with Crippen molar-refractivity contribution in [1.82, 2.24) is 19.2 Å². The van der Waals surface area contributed by atoms with Crippen LogP contribution in [0.2, 0.25) is 0 Å². The van der Waals surface area contributed by atoms with Gasteiger partial charge in [-0.15, -0.1) is 0 Å². The van der Waals surface area contributed by atoms with Crippen LogP contribution < -0.4 is 0 Å². The van der Waals surface area contributed by atoms with Crippen molar-refractivity contribution >= 4 is 23.3 Å². The average Bonchev–Trinajstić information content (AvgIpc) is 2.97. The van der Waals surface area contributed by atoms with E-state index in [9.17, 15) is 4.79 Å². The van der Waals surface area contributed by atoms with E-state index >= 15 is 0 Å². The molecule has 25 heavy (non-hydrogen) atoms. The number of thioether (sulfide) groups is 1. The number of rotatable bonds is 2. The Morgan fingerprint density at radius 3 is 2.56 bits per heavy atom. The number of carbonyl (C=O) groups is 1. The van der Waals surface area contributed by atoms with Crippen molar-refractivity contribution in [3.05, 3.63) is 35.3 Å². The zero-order valence-electron chi connectivity index (χ0n) is 15.1. The molecule has 4 rings (SSSR count). The highest BCUT2D eigenvalue weighted by atomic mass is 32.2. The summed E-state index contributed by atoms with van der Waals surface area (Å²) in [6.45, 7) is 7.61. The molecule has 0 atom stereocenters. The van der Waals surface area contributed by atoms with Crippen LogP contribution in [0.1, 0.15) is 34.6 Å². The van der Waals surface area contributed by atoms with Crippen molar-refractivity contribution in [2.45, 2.75) is 32.7 Å². The summed E-state index contributed by atoms with van der Waals surface area (Å²) in [6, 6.07) is 4.74. The second-order valence-corrected chi connectivity index (χ2v) is 8.38. The zero-order chi connectivity index (χ0) is 17.4. The van der Waals surface area contributed by atoms with Crippen molar-refractivity contribution in [2.24, 2.45) is 0 Å². The Bertz CT molecular complexity index is 773. The zero-order valence-corrected chi connectivity index (χ0v) is 15.9. The van der Waals surface area contributed by atoms with Crippen LogP contribution in [0.4, 0.5) is 0 Å². The molecule has 0 aromatic carbocycles. The first-order chi connectivity index (χ1) is 12.1. The number of nitrogens with zero attached hydrogens (tertiary/aromatic N) is 4. The number of pyridine rings is 1. The average molecular weight is 359 g/mol. The van der Waals surface area contributed by atoms with Gasteiger partial charge >= 0.3 is 0 Å². The molecule has 0 saturated carbocycles. The van der Waals surface area contributed by atoms with Gasteiger partial charge in [0.25, 0.3) is 5.91 Å². The lowest BCUT2D eigenvalue weighted by Gasteiger charge is -2.40. The molecule has 1 amide bonds. The van der Waals surface area contributed by atoms with E-state index in [0.29, 0.717) is 0 Å². The molecule has 0 bridgehead atoms. The SMILES string of the molecule is Cc1ccc2nc(C)c(C(=O)N3CCN(C4CCSCC4)CC3)n2c1. The first-order valence-electron chi connectivity index (χ1n) is 9.20. The van der Waals surface area contributed by atoms with Gasteiger partial charge < -0.3 is 4.90 Å². The van der Waals surface area contributed by atoms with Crippen LogP contribution in [-0.4, -0.2) is 68.8 Å². The number of aromatic nitrogens is 2. The first-order valence-corrected chi connectivity index (χ1v) is 10.4. The van der Waals surface area contributed by atoms with E-state index in [0.717, 1.165) is 54.8 Å². The summed E-state index contributed by atoms with van der Waals surface area (Å²) in [5.41, 5.74) is 3.53. The van der Waals surface area contributed by atoms with Gasteiger partial charge in [0, 0.05) is 38.4 Å². The topological polar surface area (TPSA) is 40.9 Å². The summed E-state index contributed by atoms with van der Waals surface area (Å²) in [5.74, 6) is 2.68. The first kappa shape index (κ1) is 16.9. The molecular weight excluding hydrogens is 332 g/mol. The second kappa shape index (κ2) is 7.00. The highest BCUT2D eigenvalue weighted by Crippen LogP contribution is 2.23. The maximum Gasteiger partial charge on any atom is 0.272 e. The van der Waals surface area contributed by atoms with Crippen LogP contribution >= 0.6 is 11.8 Å². The van der Waals surface area contributed by atoms with Crippen molar-refractivity contribution in [3.63, 3.8) is 0 Å². The van der Waals surface area contributed by atoms with Gasteiger partial charge in [-0.05, 0) is 49.8 Å². The van der Waals surface area contributed by atoms with E-state index in [1.54, 1.807) is 0 Å². The number of amides is 1. The highest BCUT2D eigenvalue weighted by molar-refractivity contribution is 7.99. The molecule has 0 radical (unpaired) electrons. The predicted octanol–water partition coefficient (Wildman–Crippen LogP) is 2.60. The monoisotopic (exact) mass is 358 g/mol. The van der Waals surface area contributed by atoms with E-state index < -0.39 is 0 Å². The molecule has 0 unspecified atom stereocenters. The van der Waals surface area contributed by atoms with Crippen molar-refractivity contribution in [2.75, 3.05) is 37.7 Å². The quantitative estimate of drug-likeness (QED) is 0.827. The lowest BCUT2D eigenvalue weighted by Crippen LogP contribution is -2.52. The van der Waals surface area contributed by atoms with Crippen LogP contribution in [0, 0.1) is 13.8 Å². The molecule has 0 N–H and O–H groups in total. The molecule has 134 valence electrons. The van der Waals surface area contributed by atoms with Gasteiger partial charge in [-0.2, -0.15) is 11.8 Å². The summed E-state index contributed by atoms with van der Waals surface area (Å²) in [7, 11) is 0. The van der Waals surface area contributed by atoms with Gasteiger partial charge in [0.1, 0.15) is 11.3 Å². The van der Waals surface area contributed by atoms with Crippen LogP contribution in [0.3, 0.4) is 0 Å². The van der Waals surface area contributed by atoms with Crippen LogP contribution in [-0.2, 0) is 0 Å². The molecule has 6 heteroatoms. The summed E-state index contributed by atoms with van der Waals surface area (Å²) >= 11 is 2.07. The number of hydrogen-bond donors (Lipinski definition) is 0. The van der Waals surface area contributed by atoms with Crippen molar-refractivity contribution in [1.29, 1.82) is 0 Å². The number of hydrogen-bond acceptors (Lipinski definition) is 4. The molecule has 2 fully saturated rings. The van der Waals surface area contributed by atoms with Gasteiger partial charge in [-0.3, -0.25) is 14.1 Å². The minimum atomic E-state index is 0.120. The third-order valence-electron chi connectivity index (χ3n) is 5.45. The van der Waals surface area contributed by atoms with E-state index in [1.807, 2.05) is 41.5 Å². The number of piperazine rings is 1. The molecule has 2 aliphatic heterocycles. The molecular formula is C19H26N4OS. The second-order valence-electron chi connectivity index (χ2n) is 7.15. The fourth-order valence-corrected chi connectivity index (χ4v) is 5.10. The molecule has 2 aromatic rings. The Hall–Kier alpha value is -1.53. The predicted molar refractivity (Wildman–Crippen MR) is 102 cm³/mol. The molecule has 5 nitrogen and oxygen atoms in total. The largest absolute Gasteiger partial charge is 0.335 e. The molecule has 0 spiro atoms. The minimum Gasteiger partial charge on any atom is -0.335 e. The van der Waals surface area contributed by atoms with Gasteiger partial charge in [0.05, 0.1) is 5.69 Å². The van der Waals surface area contributed by atoms with Gasteiger partial charge in [0.15, 0.2) is 0 Å². The minimum absolute atomic E-state index is 0.120. The molecule has 0 aliphatic carbocycles. The van der Waals surface area contributed by atoms with E-state index in [-0.39, 0.29) is 5.91 Å². The summed E-state index contributed by atoms with van der Waals surface area (Å²) < 4.78 is 1.96. The highest BCUT2D eigenvalue weighted by Gasteiger charge is 2.29. The Morgan fingerprint density at radius 2 is 1.84 bits per heavy atom. The summed E-state index contributed by atoms with van der Waals surface area (Å²) in [6.07, 6.45) is 4.60. The third-order valence-corrected chi connectivity index (χ3v) is 6.50. The lowest BCUT2D eigenvalue weighted by molar-refractivity contribution is 0.0552. The number of imidazole rings is 1. The molecule has 4 heterocycles. The number of fused-ring (bicyclic) bond motifs is 1. The Labute approximate surface area is 153 Å². The smallest absolute Gasteiger partial charge is 0.272 e. The van der Waals surface area contributed by atoms with E-state index in [2.05, 4.69) is 21.6 Å². The number of aryl methyl sites for hydroxylation is 2. The van der Waals surface area contributed by atoms with Crippen LogP contribution in [0.25, 0.3) is 5.65 Å². The van der Waals surface area contributed by atoms with E-state index in [4.69, 9.17) is 0 Å². The maximum absolute atomic E-state index is 13.1. The fraction of sp³-hybridized carbons (Fsp3) is 0.579. The maximum atomic E-state index is 13.1. The Balaban J connectivity index is 1.49. The van der Waals surface area contributed by atoms with Gasteiger partial charge in [-0.25, -0.2) is 4.98 Å². The van der Waals surface area contributed by atoms with Crippen molar-refractivity contribution in [3.8, 4) is 0 Å². The standard InChI is InChI=1S/C19H26N4OS/c1-14-3-4-17-20-15(2)18(23(17)13-14)19(24)22-9-7-21(8-10-22)16-5-11-25-12-6-16/h3-4,13,16H,5-12H2,1-2H3. The lowest BCUT2D eigenvalue weighted by atomic mass is 10.1. The van der Waals surface area contributed by atoms with Crippen LogP contribution in [0.5, 0.6) is 0 Å².